The van der Waals surface area contributed by atoms with Crippen molar-refractivity contribution < 1.29 is 0 Å². The SMILES string of the molecule is N#Cc1cc(Sc2nnc(Cc3cccs3)n2C2CC2)nc2ccc(Cl)cc12. The molecule has 0 atom stereocenters. The number of halogens is 1. The molecule has 4 aromatic rings. The number of pyridine rings is 1. The number of hydrogen-bond acceptors (Lipinski definition) is 6. The van der Waals surface area contributed by atoms with Gasteiger partial charge in [-0.3, -0.25) is 0 Å². The van der Waals surface area contributed by atoms with Crippen LogP contribution in [0.4, 0.5) is 0 Å². The lowest BCUT2D eigenvalue weighted by molar-refractivity contribution is 0.634. The molecule has 0 unspecified atom stereocenters. The third kappa shape index (κ3) is 3.39. The molecule has 0 saturated heterocycles. The van der Waals surface area contributed by atoms with Gasteiger partial charge in [0.1, 0.15) is 10.9 Å². The fourth-order valence-electron chi connectivity index (χ4n) is 3.18. The summed E-state index contributed by atoms with van der Waals surface area (Å²) in [5.41, 5.74) is 1.31. The first-order chi connectivity index (χ1) is 13.7. The Morgan fingerprint density at radius 2 is 2.14 bits per heavy atom. The van der Waals surface area contributed by atoms with Crippen LogP contribution in [0.25, 0.3) is 10.9 Å². The van der Waals surface area contributed by atoms with E-state index in [0.717, 1.165) is 46.2 Å². The van der Waals surface area contributed by atoms with Crippen LogP contribution < -0.4 is 0 Å². The second-order valence-corrected chi connectivity index (χ2v) is 9.10. The third-order valence-electron chi connectivity index (χ3n) is 4.62. The maximum atomic E-state index is 9.56. The summed E-state index contributed by atoms with van der Waals surface area (Å²) in [7, 11) is 0. The van der Waals surface area contributed by atoms with E-state index >= 15 is 0 Å². The summed E-state index contributed by atoms with van der Waals surface area (Å²) in [6.07, 6.45) is 3.08. The van der Waals surface area contributed by atoms with Gasteiger partial charge in [-0.15, -0.1) is 21.5 Å². The molecule has 0 amide bonds. The normalized spacial score (nSPS) is 13.7. The molecule has 0 spiro atoms. The molecule has 8 heteroatoms. The van der Waals surface area contributed by atoms with Gasteiger partial charge in [-0.25, -0.2) is 4.98 Å². The molecule has 1 aliphatic carbocycles. The Bertz CT molecular complexity index is 1210. The van der Waals surface area contributed by atoms with E-state index in [2.05, 4.69) is 38.3 Å². The van der Waals surface area contributed by atoms with Gasteiger partial charge in [0.05, 0.1) is 17.1 Å². The fraction of sp³-hybridized carbons (Fsp3) is 0.200. The zero-order valence-corrected chi connectivity index (χ0v) is 17.1. The molecule has 0 radical (unpaired) electrons. The summed E-state index contributed by atoms with van der Waals surface area (Å²) in [5.74, 6) is 0.987. The molecule has 1 aromatic carbocycles. The smallest absolute Gasteiger partial charge is 0.197 e. The summed E-state index contributed by atoms with van der Waals surface area (Å²) in [4.78, 5) is 5.98. The summed E-state index contributed by atoms with van der Waals surface area (Å²) in [6.45, 7) is 0. The average molecular weight is 424 g/mol. The third-order valence-corrected chi connectivity index (χ3v) is 6.61. The number of fused-ring (bicyclic) bond motifs is 1. The van der Waals surface area contributed by atoms with Crippen LogP contribution in [-0.4, -0.2) is 19.7 Å². The highest BCUT2D eigenvalue weighted by atomic mass is 35.5. The Kier molecular flexibility index (Phi) is 4.55. The van der Waals surface area contributed by atoms with Crippen molar-refractivity contribution in [1.29, 1.82) is 5.26 Å². The maximum Gasteiger partial charge on any atom is 0.197 e. The van der Waals surface area contributed by atoms with Gasteiger partial charge in [-0.1, -0.05) is 17.7 Å². The molecule has 1 fully saturated rings. The standard InChI is InChI=1S/C20H14ClN5S2/c21-13-3-6-17-16(9-13)12(11-22)8-19(23-17)28-20-25-24-18(26(20)14-4-5-14)10-15-2-1-7-27-15/h1-3,6-9,14H,4-5,10H2. The number of hydrogen-bond donors (Lipinski definition) is 0. The van der Waals surface area contributed by atoms with Gasteiger partial charge in [0, 0.05) is 27.7 Å². The molecule has 0 aliphatic heterocycles. The molecular weight excluding hydrogens is 410 g/mol. The first kappa shape index (κ1) is 17.7. The van der Waals surface area contributed by atoms with E-state index in [1.165, 1.54) is 16.6 Å². The van der Waals surface area contributed by atoms with E-state index in [9.17, 15) is 5.26 Å². The molecule has 28 heavy (non-hydrogen) atoms. The fourth-order valence-corrected chi connectivity index (χ4v) is 4.99. The first-order valence-corrected chi connectivity index (χ1v) is 10.9. The Labute approximate surface area is 175 Å². The topological polar surface area (TPSA) is 67.4 Å². The van der Waals surface area contributed by atoms with Crippen LogP contribution in [0.3, 0.4) is 0 Å². The minimum atomic E-state index is 0.460. The summed E-state index contributed by atoms with van der Waals surface area (Å²) >= 11 is 9.27. The number of rotatable bonds is 5. The molecule has 0 bridgehead atoms. The highest BCUT2D eigenvalue weighted by Crippen LogP contribution is 2.41. The molecule has 1 saturated carbocycles. The van der Waals surface area contributed by atoms with Gasteiger partial charge in [0.25, 0.3) is 0 Å². The molecule has 5 nitrogen and oxygen atoms in total. The number of nitrogens with zero attached hydrogens (tertiary/aromatic N) is 5. The van der Waals surface area contributed by atoms with Crippen LogP contribution >= 0.6 is 34.7 Å². The summed E-state index contributed by atoms with van der Waals surface area (Å²) in [5, 5.41) is 23.5. The molecule has 138 valence electrons. The minimum absolute atomic E-state index is 0.460. The molecule has 3 heterocycles. The van der Waals surface area contributed by atoms with Crippen LogP contribution in [0, 0.1) is 11.3 Å². The van der Waals surface area contributed by atoms with Gasteiger partial charge < -0.3 is 4.57 Å². The van der Waals surface area contributed by atoms with Crippen LogP contribution in [0.1, 0.15) is 35.1 Å². The number of nitriles is 1. The predicted octanol–water partition coefficient (Wildman–Crippen LogP) is 5.49. The van der Waals surface area contributed by atoms with Gasteiger partial charge in [0.15, 0.2) is 5.16 Å². The van der Waals surface area contributed by atoms with Crippen molar-refractivity contribution in [2.45, 2.75) is 35.5 Å². The van der Waals surface area contributed by atoms with E-state index in [1.54, 1.807) is 29.5 Å². The van der Waals surface area contributed by atoms with E-state index in [0.29, 0.717) is 16.6 Å². The molecule has 0 N–H and O–H groups in total. The minimum Gasteiger partial charge on any atom is -0.302 e. The Hall–Kier alpha value is -2.40. The number of thiophene rings is 1. The highest BCUT2D eigenvalue weighted by Gasteiger charge is 2.30. The first-order valence-electron chi connectivity index (χ1n) is 8.85. The number of benzene rings is 1. The predicted molar refractivity (Wildman–Crippen MR) is 111 cm³/mol. The lowest BCUT2D eigenvalue weighted by atomic mass is 10.1. The average Bonchev–Trinajstić information content (AvgIpc) is 3.25. The number of aromatic nitrogens is 4. The lowest BCUT2D eigenvalue weighted by Crippen LogP contribution is -2.03. The van der Waals surface area contributed by atoms with Crippen molar-refractivity contribution >= 4 is 45.6 Å². The second kappa shape index (κ2) is 7.21. The van der Waals surface area contributed by atoms with Crippen LogP contribution in [0.5, 0.6) is 0 Å². The van der Waals surface area contributed by atoms with Crippen molar-refractivity contribution in [3.05, 3.63) is 63.1 Å². The van der Waals surface area contributed by atoms with Gasteiger partial charge in [-0.2, -0.15) is 5.26 Å². The van der Waals surface area contributed by atoms with E-state index in [4.69, 9.17) is 16.6 Å². The maximum absolute atomic E-state index is 9.56. The van der Waals surface area contributed by atoms with Gasteiger partial charge in [0.2, 0.25) is 0 Å². The van der Waals surface area contributed by atoms with E-state index in [1.807, 2.05) is 6.07 Å². The highest BCUT2D eigenvalue weighted by molar-refractivity contribution is 7.99. The molecular formula is C20H14ClN5S2. The Morgan fingerprint density at radius 3 is 2.89 bits per heavy atom. The van der Waals surface area contributed by atoms with Crippen LogP contribution in [0.15, 0.2) is 52.0 Å². The quantitative estimate of drug-likeness (QED) is 0.424. The van der Waals surface area contributed by atoms with Crippen molar-refractivity contribution in [1.82, 2.24) is 19.7 Å². The van der Waals surface area contributed by atoms with Gasteiger partial charge >= 0.3 is 0 Å². The second-order valence-electron chi connectivity index (χ2n) is 6.64. The van der Waals surface area contributed by atoms with Crippen LogP contribution in [0.2, 0.25) is 5.02 Å². The van der Waals surface area contributed by atoms with Crippen molar-refractivity contribution in [3.8, 4) is 6.07 Å². The lowest BCUT2D eigenvalue weighted by Gasteiger charge is -2.09. The molecule has 3 aromatic heterocycles. The summed E-state index contributed by atoms with van der Waals surface area (Å²) < 4.78 is 2.24. The van der Waals surface area contributed by atoms with E-state index < -0.39 is 0 Å². The van der Waals surface area contributed by atoms with E-state index in [-0.39, 0.29) is 0 Å². The zero-order chi connectivity index (χ0) is 19.1. The van der Waals surface area contributed by atoms with Crippen LogP contribution in [-0.2, 0) is 6.42 Å². The Morgan fingerprint density at radius 1 is 1.25 bits per heavy atom. The van der Waals surface area contributed by atoms with Crippen molar-refractivity contribution in [2.24, 2.45) is 0 Å². The van der Waals surface area contributed by atoms with Gasteiger partial charge in [-0.05, 0) is 60.3 Å². The van der Waals surface area contributed by atoms with Crippen molar-refractivity contribution in [3.63, 3.8) is 0 Å². The van der Waals surface area contributed by atoms with Crippen molar-refractivity contribution in [2.75, 3.05) is 0 Å². The summed E-state index contributed by atoms with van der Waals surface area (Å²) in [6, 6.07) is 14.1. The molecule has 5 rings (SSSR count). The zero-order valence-electron chi connectivity index (χ0n) is 14.7. The Balaban J connectivity index is 1.52. The largest absolute Gasteiger partial charge is 0.302 e. The molecule has 1 aliphatic rings. The monoisotopic (exact) mass is 423 g/mol.